The Balaban J connectivity index is 1.47. The molecule has 0 unspecified atom stereocenters. The first-order valence-electron chi connectivity index (χ1n) is 12.7. The molecule has 170 valence electrons. The number of aryl methyl sites for hydroxylation is 2. The van der Waals surface area contributed by atoms with E-state index in [9.17, 15) is 0 Å². The van der Waals surface area contributed by atoms with E-state index in [4.69, 9.17) is 4.98 Å². The molecule has 0 atom stereocenters. The summed E-state index contributed by atoms with van der Waals surface area (Å²) < 4.78 is 0. The smallest absolute Gasteiger partial charge is 0.0780 e. The van der Waals surface area contributed by atoms with Crippen molar-refractivity contribution >= 4 is 32.3 Å². The fourth-order valence-electron chi connectivity index (χ4n) is 6.16. The summed E-state index contributed by atoms with van der Waals surface area (Å²) in [4.78, 5) is 4.80. The minimum Gasteiger partial charge on any atom is -0.256 e. The quantitative estimate of drug-likeness (QED) is 0.248. The van der Waals surface area contributed by atoms with E-state index in [0.717, 1.165) is 5.69 Å². The Labute approximate surface area is 202 Å². The van der Waals surface area contributed by atoms with Crippen LogP contribution in [-0.4, -0.2) is 4.98 Å². The standard InChI is InChI=1S/C33H33N/c1-21-17-22(2)19-26(18-21)32-31-10-9-28-27-7-5-24(23-11-14-33(3,4)15-12-23)20-25(27)6-8-29(28)30(31)13-16-34-32/h5-10,13,16-20,23H,11-12,14-15H2,1-4H3. The molecule has 0 radical (unpaired) electrons. The highest BCUT2D eigenvalue weighted by atomic mass is 14.7. The summed E-state index contributed by atoms with van der Waals surface area (Å²) in [5.74, 6) is 0.705. The van der Waals surface area contributed by atoms with E-state index in [1.165, 1.54) is 80.3 Å². The topological polar surface area (TPSA) is 12.9 Å². The molecular weight excluding hydrogens is 410 g/mol. The van der Waals surface area contributed by atoms with Crippen molar-refractivity contribution in [3.8, 4) is 11.3 Å². The molecule has 0 amide bonds. The maximum Gasteiger partial charge on any atom is 0.0780 e. The Morgan fingerprint density at radius 1 is 0.676 bits per heavy atom. The molecule has 1 aromatic heterocycles. The van der Waals surface area contributed by atoms with Crippen molar-refractivity contribution in [2.75, 3.05) is 0 Å². The Kier molecular flexibility index (Phi) is 4.99. The van der Waals surface area contributed by atoms with Gasteiger partial charge in [0.15, 0.2) is 0 Å². The Morgan fingerprint density at radius 2 is 1.29 bits per heavy atom. The van der Waals surface area contributed by atoms with Crippen LogP contribution in [0.3, 0.4) is 0 Å². The zero-order valence-electron chi connectivity index (χ0n) is 20.8. The summed E-state index contributed by atoms with van der Waals surface area (Å²) in [7, 11) is 0. The van der Waals surface area contributed by atoms with Crippen LogP contribution in [0.5, 0.6) is 0 Å². The molecule has 1 nitrogen and oxygen atoms in total. The van der Waals surface area contributed by atoms with Crippen molar-refractivity contribution in [1.29, 1.82) is 0 Å². The van der Waals surface area contributed by atoms with E-state index in [-0.39, 0.29) is 0 Å². The molecule has 1 aliphatic rings. The van der Waals surface area contributed by atoms with Gasteiger partial charge in [-0.1, -0.05) is 73.5 Å². The lowest BCUT2D eigenvalue weighted by Crippen LogP contribution is -2.20. The number of benzene rings is 4. The predicted molar refractivity (Wildman–Crippen MR) is 147 cm³/mol. The van der Waals surface area contributed by atoms with Crippen molar-refractivity contribution < 1.29 is 0 Å². The lowest BCUT2D eigenvalue weighted by atomic mass is 9.71. The second-order valence-corrected chi connectivity index (χ2v) is 11.3. The average molecular weight is 444 g/mol. The molecule has 0 spiro atoms. The number of hydrogen-bond acceptors (Lipinski definition) is 1. The van der Waals surface area contributed by atoms with Gasteiger partial charge >= 0.3 is 0 Å². The Bertz CT molecular complexity index is 1530. The van der Waals surface area contributed by atoms with Crippen LogP contribution in [0.2, 0.25) is 0 Å². The maximum absolute atomic E-state index is 4.80. The Morgan fingerprint density at radius 3 is 2.06 bits per heavy atom. The van der Waals surface area contributed by atoms with Gasteiger partial charge in [0.25, 0.3) is 0 Å². The molecule has 4 aromatic carbocycles. The highest BCUT2D eigenvalue weighted by molar-refractivity contribution is 6.18. The molecule has 1 fully saturated rings. The third kappa shape index (κ3) is 3.68. The summed E-state index contributed by atoms with van der Waals surface area (Å²) in [5, 5.41) is 7.86. The molecule has 1 saturated carbocycles. The van der Waals surface area contributed by atoms with Gasteiger partial charge in [0.1, 0.15) is 0 Å². The number of hydrogen-bond donors (Lipinski definition) is 0. The molecule has 34 heavy (non-hydrogen) atoms. The molecular formula is C33H33N. The van der Waals surface area contributed by atoms with Gasteiger partial charge in [-0.2, -0.15) is 0 Å². The van der Waals surface area contributed by atoms with E-state index >= 15 is 0 Å². The molecule has 0 N–H and O–H groups in total. The van der Waals surface area contributed by atoms with E-state index in [2.05, 4.69) is 94.4 Å². The van der Waals surface area contributed by atoms with E-state index in [1.807, 2.05) is 6.20 Å². The Hall–Kier alpha value is -3.19. The average Bonchev–Trinajstić information content (AvgIpc) is 2.82. The van der Waals surface area contributed by atoms with Gasteiger partial charge in [0.2, 0.25) is 0 Å². The van der Waals surface area contributed by atoms with Gasteiger partial charge in [0.05, 0.1) is 5.69 Å². The highest BCUT2D eigenvalue weighted by Crippen LogP contribution is 2.43. The summed E-state index contributed by atoms with van der Waals surface area (Å²) in [5.41, 5.74) is 6.85. The number of rotatable bonds is 2. The van der Waals surface area contributed by atoms with Gasteiger partial charge in [-0.3, -0.25) is 4.98 Å². The molecule has 0 aliphatic heterocycles. The summed E-state index contributed by atoms with van der Waals surface area (Å²) in [6, 6.07) is 25.3. The number of pyridine rings is 1. The van der Waals surface area contributed by atoms with Crippen molar-refractivity contribution in [1.82, 2.24) is 4.98 Å². The van der Waals surface area contributed by atoms with Gasteiger partial charge in [0, 0.05) is 17.1 Å². The lowest BCUT2D eigenvalue weighted by Gasteiger charge is -2.34. The first kappa shape index (κ1) is 21.4. The predicted octanol–water partition coefficient (Wildman–Crippen LogP) is 9.51. The SMILES string of the molecule is Cc1cc(C)cc(-c2nccc3c2ccc2c4ccc(C5CCC(C)(C)CC5)cc4ccc32)c1. The van der Waals surface area contributed by atoms with E-state index in [0.29, 0.717) is 11.3 Å². The molecule has 6 rings (SSSR count). The van der Waals surface area contributed by atoms with Crippen LogP contribution in [-0.2, 0) is 0 Å². The third-order valence-corrected chi connectivity index (χ3v) is 8.09. The van der Waals surface area contributed by atoms with Gasteiger partial charge in [-0.25, -0.2) is 0 Å². The van der Waals surface area contributed by atoms with Crippen molar-refractivity contribution in [3.05, 3.63) is 89.6 Å². The van der Waals surface area contributed by atoms with Crippen LogP contribution in [0, 0.1) is 19.3 Å². The third-order valence-electron chi connectivity index (χ3n) is 8.09. The van der Waals surface area contributed by atoms with Crippen LogP contribution in [0.1, 0.15) is 62.1 Å². The number of fused-ring (bicyclic) bond motifs is 5. The van der Waals surface area contributed by atoms with E-state index < -0.39 is 0 Å². The van der Waals surface area contributed by atoms with Crippen molar-refractivity contribution in [2.45, 2.75) is 59.3 Å². The minimum absolute atomic E-state index is 0.509. The second-order valence-electron chi connectivity index (χ2n) is 11.3. The number of nitrogens with zero attached hydrogens (tertiary/aromatic N) is 1. The monoisotopic (exact) mass is 443 g/mol. The van der Waals surface area contributed by atoms with Crippen molar-refractivity contribution in [3.63, 3.8) is 0 Å². The molecule has 0 bridgehead atoms. The highest BCUT2D eigenvalue weighted by Gasteiger charge is 2.27. The normalized spacial score (nSPS) is 16.5. The lowest BCUT2D eigenvalue weighted by molar-refractivity contribution is 0.224. The molecule has 1 heterocycles. The second kappa shape index (κ2) is 7.94. The van der Waals surface area contributed by atoms with Crippen LogP contribution in [0.4, 0.5) is 0 Å². The minimum atomic E-state index is 0.509. The van der Waals surface area contributed by atoms with E-state index in [1.54, 1.807) is 0 Å². The van der Waals surface area contributed by atoms with Crippen LogP contribution in [0.15, 0.2) is 72.9 Å². The van der Waals surface area contributed by atoms with Crippen LogP contribution < -0.4 is 0 Å². The summed E-state index contributed by atoms with van der Waals surface area (Å²) >= 11 is 0. The first-order chi connectivity index (χ1) is 16.4. The van der Waals surface area contributed by atoms with Crippen molar-refractivity contribution in [2.24, 2.45) is 5.41 Å². The largest absolute Gasteiger partial charge is 0.256 e. The van der Waals surface area contributed by atoms with Crippen LogP contribution >= 0.6 is 0 Å². The zero-order chi connectivity index (χ0) is 23.4. The first-order valence-corrected chi connectivity index (χ1v) is 12.7. The van der Waals surface area contributed by atoms with Crippen LogP contribution in [0.25, 0.3) is 43.6 Å². The molecule has 0 saturated heterocycles. The molecule has 1 aliphatic carbocycles. The van der Waals surface area contributed by atoms with Gasteiger partial charge in [-0.15, -0.1) is 0 Å². The van der Waals surface area contributed by atoms with Gasteiger partial charge in [-0.05, 0) is 102 Å². The van der Waals surface area contributed by atoms with Gasteiger partial charge < -0.3 is 0 Å². The fourth-order valence-corrected chi connectivity index (χ4v) is 6.16. The zero-order valence-corrected chi connectivity index (χ0v) is 20.8. The maximum atomic E-state index is 4.80. The fraction of sp³-hybridized carbons (Fsp3) is 0.303. The number of aromatic nitrogens is 1. The molecule has 5 aromatic rings. The summed E-state index contributed by atoms with van der Waals surface area (Å²) in [6.07, 6.45) is 7.25. The molecule has 1 heteroatoms. The summed E-state index contributed by atoms with van der Waals surface area (Å²) in [6.45, 7) is 9.15.